The van der Waals surface area contributed by atoms with Crippen LogP contribution in [-0.4, -0.2) is 15.2 Å². The first-order valence-corrected chi connectivity index (χ1v) is 7.19. The summed E-state index contributed by atoms with van der Waals surface area (Å²) in [6.07, 6.45) is 6.62. The van der Waals surface area contributed by atoms with Crippen molar-refractivity contribution in [3.05, 3.63) is 16.4 Å². The molecule has 2 unspecified atom stereocenters. The summed E-state index contributed by atoms with van der Waals surface area (Å²) in [6.45, 7) is 4.34. The molecule has 0 amide bonds. The lowest BCUT2D eigenvalue weighted by molar-refractivity contribution is 0.404. The van der Waals surface area contributed by atoms with Gasteiger partial charge in [-0.2, -0.15) is 5.10 Å². The largest absolute Gasteiger partial charge is 0.266 e. The van der Waals surface area contributed by atoms with Crippen LogP contribution in [0.3, 0.4) is 0 Å². The van der Waals surface area contributed by atoms with Crippen molar-refractivity contribution in [2.75, 3.05) is 0 Å². The third-order valence-corrected chi connectivity index (χ3v) is 4.28. The minimum Gasteiger partial charge on any atom is -0.266 e. The Kier molecular flexibility index (Phi) is 3.96. The standard InChI is InChI=1S/C12H18BrClN2/c1-8(2)16-12(11(13)7-15-16)9-4-3-5-10(14)6-9/h7-10H,3-6H2,1-2H3. The van der Waals surface area contributed by atoms with Crippen LogP contribution in [-0.2, 0) is 0 Å². The van der Waals surface area contributed by atoms with E-state index in [0.717, 1.165) is 17.3 Å². The minimum atomic E-state index is 0.334. The van der Waals surface area contributed by atoms with Crippen LogP contribution in [0.2, 0.25) is 0 Å². The van der Waals surface area contributed by atoms with Crippen LogP contribution < -0.4 is 0 Å². The molecule has 1 aliphatic carbocycles. The maximum atomic E-state index is 6.27. The fourth-order valence-electron chi connectivity index (χ4n) is 2.52. The lowest BCUT2D eigenvalue weighted by Crippen LogP contribution is -2.18. The van der Waals surface area contributed by atoms with Crippen LogP contribution >= 0.6 is 27.5 Å². The zero-order valence-electron chi connectivity index (χ0n) is 9.79. The Hall–Kier alpha value is -0.0200. The molecule has 0 saturated heterocycles. The van der Waals surface area contributed by atoms with Gasteiger partial charge in [0.1, 0.15) is 0 Å². The number of hydrogen-bond acceptors (Lipinski definition) is 1. The maximum Gasteiger partial charge on any atom is 0.0635 e. The topological polar surface area (TPSA) is 17.8 Å². The van der Waals surface area contributed by atoms with Gasteiger partial charge in [-0.05, 0) is 49.0 Å². The van der Waals surface area contributed by atoms with Crippen molar-refractivity contribution < 1.29 is 0 Å². The molecular formula is C12H18BrClN2. The fourth-order valence-corrected chi connectivity index (χ4v) is 3.49. The summed E-state index contributed by atoms with van der Waals surface area (Å²) in [5.74, 6) is 0.565. The van der Waals surface area contributed by atoms with Crippen molar-refractivity contribution in [2.45, 2.75) is 56.9 Å². The van der Waals surface area contributed by atoms with Crippen molar-refractivity contribution in [1.29, 1.82) is 0 Å². The zero-order chi connectivity index (χ0) is 11.7. The van der Waals surface area contributed by atoms with Crippen molar-refractivity contribution in [3.8, 4) is 0 Å². The second kappa shape index (κ2) is 5.09. The first-order chi connectivity index (χ1) is 7.59. The third-order valence-electron chi connectivity index (χ3n) is 3.27. The predicted octanol–water partition coefficient (Wildman–Crippen LogP) is 4.49. The van der Waals surface area contributed by atoms with E-state index in [2.05, 4.69) is 39.6 Å². The van der Waals surface area contributed by atoms with Gasteiger partial charge in [0.25, 0.3) is 0 Å². The summed E-state index contributed by atoms with van der Waals surface area (Å²) in [6, 6.07) is 0.414. The lowest BCUT2D eigenvalue weighted by atomic mass is 9.86. The van der Waals surface area contributed by atoms with Gasteiger partial charge in [0.15, 0.2) is 0 Å². The SMILES string of the molecule is CC(C)n1ncc(Br)c1C1CCCC(Cl)C1. The molecule has 1 aromatic heterocycles. The summed E-state index contributed by atoms with van der Waals surface area (Å²) in [7, 11) is 0. The number of halogens is 2. The molecule has 90 valence electrons. The molecule has 0 radical (unpaired) electrons. The third kappa shape index (κ3) is 2.45. The summed E-state index contributed by atoms with van der Waals surface area (Å²) >= 11 is 9.88. The molecule has 0 bridgehead atoms. The minimum absolute atomic E-state index is 0.334. The van der Waals surface area contributed by atoms with Gasteiger partial charge < -0.3 is 0 Å². The molecule has 1 fully saturated rings. The van der Waals surface area contributed by atoms with E-state index in [1.165, 1.54) is 18.5 Å². The van der Waals surface area contributed by atoms with E-state index in [0.29, 0.717) is 17.3 Å². The molecule has 0 spiro atoms. The molecule has 16 heavy (non-hydrogen) atoms. The molecule has 4 heteroatoms. The Morgan fingerprint density at radius 2 is 2.25 bits per heavy atom. The van der Waals surface area contributed by atoms with Crippen LogP contribution in [0.4, 0.5) is 0 Å². The Morgan fingerprint density at radius 1 is 1.50 bits per heavy atom. The molecular weight excluding hydrogens is 288 g/mol. The Balaban J connectivity index is 2.27. The van der Waals surface area contributed by atoms with Gasteiger partial charge >= 0.3 is 0 Å². The van der Waals surface area contributed by atoms with E-state index in [1.807, 2.05) is 6.20 Å². The maximum absolute atomic E-state index is 6.27. The molecule has 0 aliphatic heterocycles. The second-order valence-electron chi connectivity index (χ2n) is 4.88. The molecule has 0 N–H and O–H groups in total. The highest BCUT2D eigenvalue weighted by atomic mass is 79.9. The van der Waals surface area contributed by atoms with Crippen molar-refractivity contribution >= 4 is 27.5 Å². The Morgan fingerprint density at radius 3 is 2.88 bits per heavy atom. The summed E-state index contributed by atoms with van der Waals surface area (Å²) in [5, 5.41) is 4.78. The van der Waals surface area contributed by atoms with E-state index in [1.54, 1.807) is 0 Å². The number of nitrogens with zero attached hydrogens (tertiary/aromatic N) is 2. The van der Waals surface area contributed by atoms with Gasteiger partial charge in [-0.25, -0.2) is 0 Å². The normalized spacial score (nSPS) is 26.3. The lowest BCUT2D eigenvalue weighted by Gasteiger charge is -2.27. The number of aromatic nitrogens is 2. The van der Waals surface area contributed by atoms with Gasteiger partial charge in [0.05, 0.1) is 16.4 Å². The summed E-state index contributed by atoms with van der Waals surface area (Å²) in [5.41, 5.74) is 1.33. The number of alkyl halides is 1. The monoisotopic (exact) mass is 304 g/mol. The second-order valence-corrected chi connectivity index (χ2v) is 6.35. The van der Waals surface area contributed by atoms with Gasteiger partial charge in [-0.15, -0.1) is 11.6 Å². The van der Waals surface area contributed by atoms with E-state index in [-0.39, 0.29) is 0 Å². The van der Waals surface area contributed by atoms with Crippen molar-refractivity contribution in [3.63, 3.8) is 0 Å². The zero-order valence-corrected chi connectivity index (χ0v) is 12.1. The van der Waals surface area contributed by atoms with E-state index >= 15 is 0 Å². The predicted molar refractivity (Wildman–Crippen MR) is 71.2 cm³/mol. The highest BCUT2D eigenvalue weighted by Gasteiger charge is 2.27. The molecule has 2 nitrogen and oxygen atoms in total. The van der Waals surface area contributed by atoms with Crippen LogP contribution in [0.15, 0.2) is 10.7 Å². The van der Waals surface area contributed by atoms with Crippen molar-refractivity contribution in [2.24, 2.45) is 0 Å². The first kappa shape index (κ1) is 12.4. The molecule has 1 aliphatic rings. The molecule has 1 saturated carbocycles. The molecule has 1 aromatic rings. The highest BCUT2D eigenvalue weighted by Crippen LogP contribution is 2.39. The van der Waals surface area contributed by atoms with E-state index in [9.17, 15) is 0 Å². The average Bonchev–Trinajstić information content (AvgIpc) is 2.60. The fraction of sp³-hybridized carbons (Fsp3) is 0.750. The van der Waals surface area contributed by atoms with Crippen LogP contribution in [0.5, 0.6) is 0 Å². The highest BCUT2D eigenvalue weighted by molar-refractivity contribution is 9.10. The van der Waals surface area contributed by atoms with E-state index in [4.69, 9.17) is 11.6 Å². The smallest absolute Gasteiger partial charge is 0.0635 e. The summed E-state index contributed by atoms with van der Waals surface area (Å²) in [4.78, 5) is 0. The molecule has 0 aromatic carbocycles. The molecule has 1 heterocycles. The van der Waals surface area contributed by atoms with Gasteiger partial charge in [0.2, 0.25) is 0 Å². The first-order valence-electron chi connectivity index (χ1n) is 5.96. The quantitative estimate of drug-likeness (QED) is 0.736. The number of hydrogen-bond donors (Lipinski definition) is 0. The summed E-state index contributed by atoms with van der Waals surface area (Å²) < 4.78 is 3.26. The van der Waals surface area contributed by atoms with Gasteiger partial charge in [0, 0.05) is 17.3 Å². The Bertz CT molecular complexity index is 362. The van der Waals surface area contributed by atoms with E-state index < -0.39 is 0 Å². The van der Waals surface area contributed by atoms with Crippen molar-refractivity contribution in [1.82, 2.24) is 9.78 Å². The van der Waals surface area contributed by atoms with Gasteiger partial charge in [-0.3, -0.25) is 4.68 Å². The molecule has 2 atom stereocenters. The van der Waals surface area contributed by atoms with Crippen LogP contribution in [0, 0.1) is 0 Å². The molecule has 2 rings (SSSR count). The van der Waals surface area contributed by atoms with Gasteiger partial charge in [-0.1, -0.05) is 6.42 Å². The Labute approximate surface area is 110 Å². The van der Waals surface area contributed by atoms with Crippen LogP contribution in [0.1, 0.15) is 57.2 Å². The number of rotatable bonds is 2. The average molecular weight is 306 g/mol. The van der Waals surface area contributed by atoms with Crippen LogP contribution in [0.25, 0.3) is 0 Å².